The van der Waals surface area contributed by atoms with E-state index < -0.39 is 0 Å². The van der Waals surface area contributed by atoms with E-state index in [0.717, 1.165) is 24.3 Å². The number of aromatic nitrogens is 1. The molecule has 2 atom stereocenters. The minimum atomic E-state index is -0.174. The molecule has 0 aromatic carbocycles. The summed E-state index contributed by atoms with van der Waals surface area (Å²) < 4.78 is 0. The highest BCUT2D eigenvalue weighted by atomic mass is 32.1. The Labute approximate surface area is 98.7 Å². The molecular formula is C11H16N2O2S. The topological polar surface area (TPSA) is 62.2 Å². The van der Waals surface area contributed by atoms with Gasteiger partial charge in [-0.15, -0.1) is 11.3 Å². The number of amides is 1. The number of rotatable bonds is 3. The number of hydrogen-bond donors (Lipinski definition) is 2. The van der Waals surface area contributed by atoms with Crippen LogP contribution in [0.1, 0.15) is 33.9 Å². The van der Waals surface area contributed by atoms with Crippen LogP contribution in [0, 0.1) is 12.8 Å². The van der Waals surface area contributed by atoms with Gasteiger partial charge in [0.05, 0.1) is 17.3 Å². The average Bonchev–Trinajstić information content (AvgIpc) is 2.84. The lowest BCUT2D eigenvalue weighted by molar-refractivity contribution is 0.0949. The number of aliphatic hydroxyl groups excluding tert-OH is 1. The number of hydrogen-bond acceptors (Lipinski definition) is 4. The summed E-state index contributed by atoms with van der Waals surface area (Å²) in [7, 11) is 0. The van der Waals surface area contributed by atoms with Crippen LogP contribution in [0.4, 0.5) is 0 Å². The lowest BCUT2D eigenvalue weighted by Crippen LogP contribution is -2.28. The van der Waals surface area contributed by atoms with Crippen LogP contribution < -0.4 is 5.32 Å². The van der Waals surface area contributed by atoms with E-state index in [1.807, 2.05) is 6.92 Å². The molecule has 1 heterocycles. The van der Waals surface area contributed by atoms with Crippen LogP contribution in [-0.4, -0.2) is 28.6 Å². The molecular weight excluding hydrogens is 224 g/mol. The Balaban J connectivity index is 1.80. The predicted molar refractivity (Wildman–Crippen MR) is 62.5 cm³/mol. The molecule has 1 saturated carbocycles. The average molecular weight is 240 g/mol. The van der Waals surface area contributed by atoms with Crippen LogP contribution in [0.2, 0.25) is 0 Å². The molecule has 2 unspecified atom stereocenters. The molecule has 16 heavy (non-hydrogen) atoms. The highest BCUT2D eigenvalue weighted by molar-refractivity contribution is 7.13. The van der Waals surface area contributed by atoms with Gasteiger partial charge >= 0.3 is 0 Å². The zero-order chi connectivity index (χ0) is 11.5. The third-order valence-corrected chi connectivity index (χ3v) is 3.82. The second kappa shape index (κ2) is 4.93. The number of nitrogens with zero attached hydrogens (tertiary/aromatic N) is 1. The van der Waals surface area contributed by atoms with Crippen molar-refractivity contribution < 1.29 is 9.90 Å². The molecule has 2 N–H and O–H groups in total. The maximum absolute atomic E-state index is 11.7. The van der Waals surface area contributed by atoms with Crippen molar-refractivity contribution in [3.8, 4) is 0 Å². The van der Waals surface area contributed by atoms with Gasteiger partial charge in [-0.2, -0.15) is 0 Å². The lowest BCUT2D eigenvalue weighted by Gasteiger charge is -2.09. The van der Waals surface area contributed by atoms with Crippen molar-refractivity contribution >= 4 is 17.2 Å². The monoisotopic (exact) mass is 240 g/mol. The molecule has 2 rings (SSSR count). The summed E-state index contributed by atoms with van der Waals surface area (Å²) in [5.74, 6) is 0.375. The van der Waals surface area contributed by atoms with Crippen molar-refractivity contribution in [2.24, 2.45) is 5.92 Å². The van der Waals surface area contributed by atoms with Gasteiger partial charge in [0.15, 0.2) is 0 Å². The van der Waals surface area contributed by atoms with E-state index in [4.69, 9.17) is 0 Å². The molecule has 4 nitrogen and oxygen atoms in total. The number of aryl methyl sites for hydroxylation is 1. The third kappa shape index (κ3) is 2.80. The van der Waals surface area contributed by atoms with Crippen LogP contribution in [-0.2, 0) is 0 Å². The van der Waals surface area contributed by atoms with Crippen molar-refractivity contribution in [3.63, 3.8) is 0 Å². The second-order valence-corrected chi connectivity index (χ2v) is 5.52. The summed E-state index contributed by atoms with van der Waals surface area (Å²) >= 11 is 1.41. The molecule has 88 valence electrons. The zero-order valence-electron chi connectivity index (χ0n) is 9.27. The van der Waals surface area contributed by atoms with Crippen molar-refractivity contribution in [2.45, 2.75) is 32.3 Å². The standard InChI is InChI=1S/C11H16N2O2S/c1-7-12-6-10(16-7)11(15)13-5-8-2-3-9(14)4-8/h6,8-9,14H,2-5H2,1H3,(H,13,15). The van der Waals surface area contributed by atoms with Crippen LogP contribution in [0.25, 0.3) is 0 Å². The number of nitrogens with one attached hydrogen (secondary N) is 1. The molecule has 0 spiro atoms. The first-order valence-corrected chi connectivity index (χ1v) is 6.35. The molecule has 5 heteroatoms. The summed E-state index contributed by atoms with van der Waals surface area (Å²) in [4.78, 5) is 16.4. The maximum Gasteiger partial charge on any atom is 0.263 e. The van der Waals surface area contributed by atoms with Gasteiger partial charge in [0, 0.05) is 6.54 Å². The first kappa shape index (κ1) is 11.5. The normalized spacial score (nSPS) is 24.6. The summed E-state index contributed by atoms with van der Waals surface area (Å²) in [6.07, 6.45) is 4.11. The van der Waals surface area contributed by atoms with Crippen molar-refractivity contribution in [1.82, 2.24) is 10.3 Å². The highest BCUT2D eigenvalue weighted by Crippen LogP contribution is 2.24. The van der Waals surface area contributed by atoms with E-state index in [9.17, 15) is 9.90 Å². The quantitative estimate of drug-likeness (QED) is 0.838. The third-order valence-electron chi connectivity index (χ3n) is 2.91. The molecule has 0 radical (unpaired) electrons. The Kier molecular flexibility index (Phi) is 3.56. The number of carbonyl (C=O) groups is 1. The van der Waals surface area contributed by atoms with Gasteiger partial charge < -0.3 is 10.4 Å². The molecule has 1 amide bonds. The lowest BCUT2D eigenvalue weighted by atomic mass is 10.1. The van der Waals surface area contributed by atoms with Crippen LogP contribution in [0.15, 0.2) is 6.20 Å². The minimum Gasteiger partial charge on any atom is -0.393 e. The summed E-state index contributed by atoms with van der Waals surface area (Å²) in [5.41, 5.74) is 0. The Morgan fingerprint density at radius 3 is 3.06 bits per heavy atom. The summed E-state index contributed by atoms with van der Waals surface area (Å²) in [6.45, 7) is 2.54. The Bertz CT molecular complexity index is 378. The molecule has 1 aliphatic rings. The van der Waals surface area contributed by atoms with Crippen molar-refractivity contribution in [3.05, 3.63) is 16.1 Å². The van der Waals surface area contributed by atoms with E-state index >= 15 is 0 Å². The van der Waals surface area contributed by atoms with Crippen LogP contribution in [0.3, 0.4) is 0 Å². The van der Waals surface area contributed by atoms with Crippen LogP contribution >= 0.6 is 11.3 Å². The van der Waals surface area contributed by atoms with Gasteiger partial charge in [0.2, 0.25) is 0 Å². The van der Waals surface area contributed by atoms with E-state index in [1.165, 1.54) is 11.3 Å². The molecule has 0 bridgehead atoms. The largest absolute Gasteiger partial charge is 0.393 e. The van der Waals surface area contributed by atoms with Crippen molar-refractivity contribution in [1.29, 1.82) is 0 Å². The summed E-state index contributed by atoms with van der Waals surface area (Å²) in [6, 6.07) is 0. The smallest absolute Gasteiger partial charge is 0.263 e. The van der Waals surface area contributed by atoms with Gasteiger partial charge in [0.1, 0.15) is 4.88 Å². The van der Waals surface area contributed by atoms with E-state index in [-0.39, 0.29) is 12.0 Å². The predicted octanol–water partition coefficient (Wildman–Crippen LogP) is 1.34. The number of aliphatic hydroxyl groups is 1. The second-order valence-electron chi connectivity index (χ2n) is 4.29. The Morgan fingerprint density at radius 2 is 2.50 bits per heavy atom. The molecule has 1 aromatic heterocycles. The molecule has 1 fully saturated rings. The Morgan fingerprint density at radius 1 is 1.69 bits per heavy atom. The molecule has 0 saturated heterocycles. The minimum absolute atomic E-state index is 0.0491. The fourth-order valence-electron chi connectivity index (χ4n) is 2.02. The van der Waals surface area contributed by atoms with Gasteiger partial charge in [0.25, 0.3) is 5.91 Å². The first-order valence-electron chi connectivity index (χ1n) is 5.54. The SMILES string of the molecule is Cc1ncc(C(=O)NCC2CCC(O)C2)s1. The fourth-order valence-corrected chi connectivity index (χ4v) is 2.72. The van der Waals surface area contributed by atoms with Gasteiger partial charge in [-0.25, -0.2) is 4.98 Å². The van der Waals surface area contributed by atoms with Crippen LogP contribution in [0.5, 0.6) is 0 Å². The maximum atomic E-state index is 11.7. The Hall–Kier alpha value is -0.940. The molecule has 0 aliphatic heterocycles. The molecule has 1 aliphatic carbocycles. The fraction of sp³-hybridized carbons (Fsp3) is 0.636. The molecule has 1 aromatic rings. The van der Waals surface area contributed by atoms with Gasteiger partial charge in [-0.1, -0.05) is 0 Å². The zero-order valence-corrected chi connectivity index (χ0v) is 10.1. The summed E-state index contributed by atoms with van der Waals surface area (Å²) in [5, 5.41) is 13.2. The number of carbonyl (C=O) groups excluding carboxylic acids is 1. The highest BCUT2D eigenvalue weighted by Gasteiger charge is 2.23. The van der Waals surface area contributed by atoms with E-state index in [0.29, 0.717) is 17.3 Å². The van der Waals surface area contributed by atoms with E-state index in [1.54, 1.807) is 6.20 Å². The number of thiazole rings is 1. The first-order chi connectivity index (χ1) is 7.65. The van der Waals surface area contributed by atoms with E-state index in [2.05, 4.69) is 10.3 Å². The van der Waals surface area contributed by atoms with Crippen molar-refractivity contribution in [2.75, 3.05) is 6.54 Å². The van der Waals surface area contributed by atoms with Gasteiger partial charge in [-0.3, -0.25) is 4.79 Å². The van der Waals surface area contributed by atoms with Gasteiger partial charge in [-0.05, 0) is 32.1 Å².